The highest BCUT2D eigenvalue weighted by atomic mass is 35.5. The Morgan fingerprint density at radius 3 is 2.39 bits per heavy atom. The van der Waals surface area contributed by atoms with Crippen LogP contribution in [0.25, 0.3) is 0 Å². The molecule has 2 aromatic carbocycles. The molecule has 1 aromatic heterocycles. The average Bonchev–Trinajstić information content (AvgIpc) is 3.15. The third-order valence-corrected chi connectivity index (χ3v) is 7.29. The fraction of sp³-hybridized carbons (Fsp3) is 0.407. The molecule has 0 saturated heterocycles. The molecule has 1 amide bonds. The number of nitrogens with zero attached hydrogens (tertiary/aromatic N) is 2. The second-order valence-corrected chi connectivity index (χ2v) is 10.0. The Kier molecular flexibility index (Phi) is 6.28. The molecule has 0 fully saturated rings. The van der Waals surface area contributed by atoms with Crippen molar-refractivity contribution >= 4 is 23.3 Å². The molecule has 4 rings (SSSR count). The minimum Gasteiger partial charge on any atom is -0.363 e. The summed E-state index contributed by atoms with van der Waals surface area (Å²) in [5, 5.41) is 12.5. The second kappa shape index (κ2) is 8.86. The lowest BCUT2D eigenvalue weighted by Gasteiger charge is -2.38. The molecule has 1 aliphatic heterocycles. The zero-order chi connectivity index (χ0) is 23.8. The van der Waals surface area contributed by atoms with Gasteiger partial charge in [-0.15, -0.1) is 0 Å². The van der Waals surface area contributed by atoms with E-state index in [2.05, 4.69) is 62.6 Å². The number of carbonyl (C=O) groups excluding carboxylic acids is 1. The van der Waals surface area contributed by atoms with E-state index in [1.807, 2.05) is 41.9 Å². The molecule has 3 aromatic rings. The molecule has 33 heavy (non-hydrogen) atoms. The first-order chi connectivity index (χ1) is 15.7. The number of amides is 1. The van der Waals surface area contributed by atoms with Crippen LogP contribution in [-0.2, 0) is 11.1 Å². The summed E-state index contributed by atoms with van der Waals surface area (Å²) >= 11 is 6.12. The summed E-state index contributed by atoms with van der Waals surface area (Å²) in [4.78, 5) is 13.8. The van der Waals surface area contributed by atoms with Gasteiger partial charge in [0.2, 0.25) is 0 Å². The van der Waals surface area contributed by atoms with Gasteiger partial charge >= 0.3 is 0 Å². The normalized spacial score (nSPS) is 17.2. The quantitative estimate of drug-likeness (QED) is 0.433. The van der Waals surface area contributed by atoms with E-state index in [0.29, 0.717) is 10.6 Å². The highest BCUT2D eigenvalue weighted by Gasteiger charge is 2.39. The van der Waals surface area contributed by atoms with Gasteiger partial charge in [-0.25, -0.2) is 4.68 Å². The summed E-state index contributed by atoms with van der Waals surface area (Å²) in [6, 6.07) is 18.3. The van der Waals surface area contributed by atoms with Gasteiger partial charge in [-0.05, 0) is 63.3 Å². The Balaban J connectivity index is 1.72. The molecule has 0 radical (unpaired) electrons. The number of halogens is 1. The molecule has 1 atom stereocenters. The number of carbonyl (C=O) groups is 1. The van der Waals surface area contributed by atoms with E-state index >= 15 is 0 Å². The van der Waals surface area contributed by atoms with Crippen molar-refractivity contribution in [3.05, 3.63) is 82.0 Å². The number of hydrogen-bond acceptors (Lipinski definition) is 3. The van der Waals surface area contributed by atoms with Crippen molar-refractivity contribution in [3.63, 3.8) is 0 Å². The Labute approximate surface area is 201 Å². The van der Waals surface area contributed by atoms with Crippen molar-refractivity contribution in [2.45, 2.75) is 71.0 Å². The third kappa shape index (κ3) is 4.26. The van der Waals surface area contributed by atoms with Gasteiger partial charge in [0.15, 0.2) is 0 Å². The maximum Gasteiger partial charge on any atom is 0.257 e. The molecule has 2 N–H and O–H groups in total. The van der Waals surface area contributed by atoms with Crippen molar-refractivity contribution in [3.8, 4) is 0 Å². The van der Waals surface area contributed by atoms with Crippen molar-refractivity contribution in [2.75, 3.05) is 5.32 Å². The molecular weight excluding hydrogens is 432 g/mol. The minimum atomic E-state index is -0.480. The summed E-state index contributed by atoms with van der Waals surface area (Å²) in [6.07, 6.45) is 2.42. The maximum absolute atomic E-state index is 13.8. The Hall–Kier alpha value is -2.79. The Morgan fingerprint density at radius 2 is 1.79 bits per heavy atom. The summed E-state index contributed by atoms with van der Waals surface area (Å²) in [6.45, 7) is 10.5. The lowest BCUT2D eigenvalue weighted by atomic mass is 9.84. The van der Waals surface area contributed by atoms with Crippen LogP contribution in [0.5, 0.6) is 0 Å². The predicted molar refractivity (Wildman–Crippen MR) is 135 cm³/mol. The van der Waals surface area contributed by atoms with Gasteiger partial charge in [-0.1, -0.05) is 67.9 Å². The molecule has 0 aliphatic carbocycles. The molecular formula is C27H33ClN4O. The maximum atomic E-state index is 13.8. The first-order valence-electron chi connectivity index (χ1n) is 11.7. The van der Waals surface area contributed by atoms with Crippen molar-refractivity contribution < 1.29 is 4.79 Å². The van der Waals surface area contributed by atoms with E-state index in [9.17, 15) is 4.79 Å². The summed E-state index contributed by atoms with van der Waals surface area (Å²) in [5.74, 6) is 0.678. The molecule has 0 saturated carbocycles. The number of hydrogen-bond donors (Lipinski definition) is 2. The van der Waals surface area contributed by atoms with Gasteiger partial charge in [-0.2, -0.15) is 5.10 Å². The lowest BCUT2D eigenvalue weighted by Crippen LogP contribution is -2.45. The van der Waals surface area contributed by atoms with Crippen LogP contribution in [0.2, 0.25) is 5.02 Å². The smallest absolute Gasteiger partial charge is 0.257 e. The number of rotatable bonds is 6. The van der Waals surface area contributed by atoms with Crippen LogP contribution in [0.4, 0.5) is 5.82 Å². The number of anilines is 1. The van der Waals surface area contributed by atoms with Crippen molar-refractivity contribution in [1.82, 2.24) is 15.1 Å². The highest BCUT2D eigenvalue weighted by Crippen LogP contribution is 2.41. The van der Waals surface area contributed by atoms with Crippen LogP contribution in [0.1, 0.15) is 80.2 Å². The first kappa shape index (κ1) is 23.4. The van der Waals surface area contributed by atoms with Crippen LogP contribution < -0.4 is 10.6 Å². The van der Waals surface area contributed by atoms with Gasteiger partial charge < -0.3 is 10.6 Å². The van der Waals surface area contributed by atoms with E-state index < -0.39 is 5.54 Å². The third-order valence-electron chi connectivity index (χ3n) is 7.03. The Bertz CT molecular complexity index is 1130. The molecule has 2 heterocycles. The summed E-state index contributed by atoms with van der Waals surface area (Å²) < 4.78 is 1.98. The fourth-order valence-electron chi connectivity index (χ4n) is 5.01. The van der Waals surface area contributed by atoms with Crippen molar-refractivity contribution in [2.24, 2.45) is 0 Å². The lowest BCUT2D eigenvalue weighted by molar-refractivity contribution is 0.0889. The summed E-state index contributed by atoms with van der Waals surface area (Å²) in [7, 11) is 0. The number of nitrogens with one attached hydrogen (secondary N) is 2. The number of fused-ring (bicyclic) bond motifs is 1. The molecule has 5 nitrogen and oxygen atoms in total. The van der Waals surface area contributed by atoms with E-state index in [1.54, 1.807) is 0 Å². The molecule has 6 heteroatoms. The van der Waals surface area contributed by atoms with Crippen LogP contribution in [0, 0.1) is 6.92 Å². The Morgan fingerprint density at radius 1 is 1.15 bits per heavy atom. The monoisotopic (exact) mass is 464 g/mol. The van der Waals surface area contributed by atoms with Gasteiger partial charge in [0.25, 0.3) is 5.91 Å². The van der Waals surface area contributed by atoms with E-state index in [-0.39, 0.29) is 17.5 Å². The van der Waals surface area contributed by atoms with Gasteiger partial charge in [0.05, 0.1) is 22.8 Å². The van der Waals surface area contributed by atoms with Gasteiger partial charge in [0.1, 0.15) is 11.4 Å². The second-order valence-electron chi connectivity index (χ2n) is 9.60. The topological polar surface area (TPSA) is 59.0 Å². The SMILES string of the molecule is CCC(CC)(NC(=O)c1c(C)nn2c1N[C@H](c1ccccc1)CC2(C)C)c1ccc(Cl)cc1. The van der Waals surface area contributed by atoms with Gasteiger partial charge in [0, 0.05) is 5.02 Å². The zero-order valence-electron chi connectivity index (χ0n) is 20.1. The number of aryl methyl sites for hydroxylation is 1. The largest absolute Gasteiger partial charge is 0.363 e. The number of benzene rings is 2. The zero-order valence-corrected chi connectivity index (χ0v) is 20.8. The molecule has 0 bridgehead atoms. The van der Waals surface area contributed by atoms with Crippen LogP contribution in [-0.4, -0.2) is 15.7 Å². The van der Waals surface area contributed by atoms with Crippen LogP contribution in [0.15, 0.2) is 54.6 Å². The molecule has 1 aliphatic rings. The van der Waals surface area contributed by atoms with Crippen LogP contribution >= 0.6 is 11.6 Å². The van der Waals surface area contributed by atoms with Crippen molar-refractivity contribution in [1.29, 1.82) is 0 Å². The standard InChI is InChI=1S/C27H33ClN4O/c1-6-27(7-2,20-13-15-21(28)16-14-20)30-25(33)23-18(3)31-32-24(23)29-22(17-26(32,4)5)19-11-9-8-10-12-19/h8-16,22,29H,6-7,17H2,1-5H3,(H,30,33)/t22-/m0/s1. The first-order valence-corrected chi connectivity index (χ1v) is 12.1. The minimum absolute atomic E-state index is 0.106. The average molecular weight is 465 g/mol. The van der Waals surface area contributed by atoms with Gasteiger partial charge in [-0.3, -0.25) is 4.79 Å². The number of aromatic nitrogens is 2. The van der Waals surface area contributed by atoms with E-state index in [1.165, 1.54) is 5.56 Å². The predicted octanol–water partition coefficient (Wildman–Crippen LogP) is 6.58. The molecule has 0 unspecified atom stereocenters. The summed E-state index contributed by atoms with van der Waals surface area (Å²) in [5.41, 5.74) is 2.90. The molecule has 0 spiro atoms. The van der Waals surface area contributed by atoms with E-state index in [4.69, 9.17) is 16.7 Å². The van der Waals surface area contributed by atoms with E-state index in [0.717, 1.165) is 36.3 Å². The van der Waals surface area contributed by atoms with Crippen LogP contribution in [0.3, 0.4) is 0 Å². The highest BCUT2D eigenvalue weighted by molar-refractivity contribution is 6.30. The molecule has 174 valence electrons. The fourth-order valence-corrected chi connectivity index (χ4v) is 5.14.